The molecule has 12 heteroatoms. The molecular formula is C31H35ClF3N3O4S. The predicted molar refractivity (Wildman–Crippen MR) is 162 cm³/mol. The zero-order chi connectivity index (χ0) is 31.9. The number of benzene rings is 3. The van der Waals surface area contributed by atoms with Crippen molar-refractivity contribution in [3.8, 4) is 0 Å². The SMILES string of the molecule is CC[C@H](C)NC(=O)[C@@H](Cc1ccccc1)N(Cc1ccc(C)cc1)C(=O)CN(c1ccc(Cl)c(C(F)(F)F)c1)S(C)(=O)=O. The zero-order valence-electron chi connectivity index (χ0n) is 24.4. The number of anilines is 1. The van der Waals surface area contributed by atoms with Crippen LogP contribution in [-0.4, -0.2) is 50.0 Å². The van der Waals surface area contributed by atoms with Crippen LogP contribution >= 0.6 is 11.6 Å². The summed E-state index contributed by atoms with van der Waals surface area (Å²) in [5.41, 5.74) is 0.806. The van der Waals surface area contributed by atoms with Crippen molar-refractivity contribution in [1.29, 1.82) is 0 Å². The maximum atomic E-state index is 14.1. The number of rotatable bonds is 12. The molecule has 7 nitrogen and oxygen atoms in total. The number of carbonyl (C=O) groups excluding carboxylic acids is 2. The van der Waals surface area contributed by atoms with Crippen molar-refractivity contribution in [2.75, 3.05) is 17.1 Å². The van der Waals surface area contributed by atoms with E-state index >= 15 is 0 Å². The van der Waals surface area contributed by atoms with Crippen LogP contribution in [0.1, 0.15) is 42.5 Å². The molecule has 0 radical (unpaired) electrons. The minimum Gasteiger partial charge on any atom is -0.352 e. The Morgan fingerprint density at radius 1 is 0.977 bits per heavy atom. The Hall–Kier alpha value is -3.57. The van der Waals surface area contributed by atoms with Gasteiger partial charge in [0.15, 0.2) is 0 Å². The van der Waals surface area contributed by atoms with Crippen LogP contribution in [0, 0.1) is 6.92 Å². The first-order valence-electron chi connectivity index (χ1n) is 13.6. The lowest BCUT2D eigenvalue weighted by molar-refractivity contribution is -0.140. The van der Waals surface area contributed by atoms with Gasteiger partial charge in [0.1, 0.15) is 12.6 Å². The van der Waals surface area contributed by atoms with E-state index in [2.05, 4.69) is 5.32 Å². The van der Waals surface area contributed by atoms with Gasteiger partial charge in [-0.25, -0.2) is 8.42 Å². The third kappa shape index (κ3) is 9.46. The molecule has 0 fully saturated rings. The Kier molecular flexibility index (Phi) is 11.3. The summed E-state index contributed by atoms with van der Waals surface area (Å²) in [4.78, 5) is 29.0. The van der Waals surface area contributed by atoms with Gasteiger partial charge in [-0.15, -0.1) is 0 Å². The highest BCUT2D eigenvalue weighted by molar-refractivity contribution is 7.92. The van der Waals surface area contributed by atoms with Crippen LogP contribution in [0.25, 0.3) is 0 Å². The minimum atomic E-state index is -4.85. The standard InChI is InChI=1S/C31H35ClF3N3O4S/c1-5-22(3)36-30(40)28(17-23-9-7-6-8-10-23)37(19-24-13-11-21(2)12-14-24)29(39)20-38(43(4,41)42)25-15-16-27(32)26(18-25)31(33,34)35/h6-16,18,22,28H,5,17,19-20H2,1-4H3,(H,36,40)/t22-,28+/m0/s1. The van der Waals surface area contributed by atoms with Crippen molar-refractivity contribution in [3.63, 3.8) is 0 Å². The molecule has 1 N–H and O–H groups in total. The van der Waals surface area contributed by atoms with E-state index in [-0.39, 0.29) is 24.7 Å². The van der Waals surface area contributed by atoms with Crippen LogP contribution in [0.4, 0.5) is 18.9 Å². The second-order valence-electron chi connectivity index (χ2n) is 10.5. The Balaban J connectivity index is 2.10. The quantitative estimate of drug-likeness (QED) is 0.264. The lowest BCUT2D eigenvalue weighted by atomic mass is 10.0. The summed E-state index contributed by atoms with van der Waals surface area (Å²) in [6.45, 7) is 4.74. The molecule has 3 rings (SSSR count). The van der Waals surface area contributed by atoms with Crippen molar-refractivity contribution < 1.29 is 31.2 Å². The summed E-state index contributed by atoms with van der Waals surface area (Å²) < 4.78 is 67.2. The predicted octanol–water partition coefficient (Wildman–Crippen LogP) is 5.99. The van der Waals surface area contributed by atoms with Gasteiger partial charge in [0, 0.05) is 19.0 Å². The van der Waals surface area contributed by atoms with Crippen LogP contribution in [0.2, 0.25) is 5.02 Å². The number of hydrogen-bond acceptors (Lipinski definition) is 4. The number of alkyl halides is 3. The van der Waals surface area contributed by atoms with E-state index in [1.54, 1.807) is 24.3 Å². The van der Waals surface area contributed by atoms with Gasteiger partial charge in [-0.3, -0.25) is 13.9 Å². The fourth-order valence-corrected chi connectivity index (χ4v) is 5.45. The summed E-state index contributed by atoms with van der Waals surface area (Å²) in [7, 11) is -4.25. The normalized spacial score (nSPS) is 13.2. The lowest BCUT2D eigenvalue weighted by Crippen LogP contribution is -2.54. The molecule has 0 spiro atoms. The maximum Gasteiger partial charge on any atom is 0.417 e. The molecule has 2 amide bonds. The van der Waals surface area contributed by atoms with Gasteiger partial charge in [0.2, 0.25) is 21.8 Å². The summed E-state index contributed by atoms with van der Waals surface area (Å²) in [6, 6.07) is 17.7. The molecule has 0 heterocycles. The van der Waals surface area contributed by atoms with Gasteiger partial charge < -0.3 is 10.2 Å². The molecule has 0 saturated heterocycles. The molecule has 0 aliphatic heterocycles. The fourth-order valence-electron chi connectivity index (χ4n) is 4.38. The molecule has 3 aromatic rings. The number of sulfonamides is 1. The second-order valence-corrected chi connectivity index (χ2v) is 12.8. The summed E-state index contributed by atoms with van der Waals surface area (Å²) in [5.74, 6) is -1.20. The second kappa shape index (κ2) is 14.3. The average molecular weight is 638 g/mol. The van der Waals surface area contributed by atoms with Crippen molar-refractivity contribution in [2.24, 2.45) is 0 Å². The van der Waals surface area contributed by atoms with Crippen molar-refractivity contribution >= 4 is 39.1 Å². The molecule has 0 aromatic heterocycles. The smallest absolute Gasteiger partial charge is 0.352 e. The Labute approximate surface area is 255 Å². The number of hydrogen-bond donors (Lipinski definition) is 1. The van der Waals surface area contributed by atoms with E-state index in [1.807, 2.05) is 51.1 Å². The lowest BCUT2D eigenvalue weighted by Gasteiger charge is -2.34. The first-order chi connectivity index (χ1) is 20.1. The molecule has 0 unspecified atom stereocenters. The Bertz CT molecular complexity index is 1520. The van der Waals surface area contributed by atoms with Gasteiger partial charge in [-0.2, -0.15) is 13.2 Å². The Morgan fingerprint density at radius 2 is 1.60 bits per heavy atom. The van der Waals surface area contributed by atoms with E-state index in [4.69, 9.17) is 11.6 Å². The molecule has 0 saturated carbocycles. The highest BCUT2D eigenvalue weighted by atomic mass is 35.5. The van der Waals surface area contributed by atoms with Gasteiger partial charge >= 0.3 is 6.18 Å². The average Bonchev–Trinajstić information content (AvgIpc) is 2.94. The van der Waals surface area contributed by atoms with E-state index in [9.17, 15) is 31.2 Å². The van der Waals surface area contributed by atoms with Gasteiger partial charge in [0.25, 0.3) is 0 Å². The molecule has 3 aromatic carbocycles. The number of carbonyl (C=O) groups is 2. The van der Waals surface area contributed by atoms with E-state index in [0.29, 0.717) is 22.4 Å². The monoisotopic (exact) mass is 637 g/mol. The van der Waals surface area contributed by atoms with Crippen LogP contribution in [0.15, 0.2) is 72.8 Å². The van der Waals surface area contributed by atoms with E-state index < -0.39 is 51.2 Å². The molecular weight excluding hydrogens is 603 g/mol. The first kappa shape index (κ1) is 33.9. The molecule has 43 heavy (non-hydrogen) atoms. The number of nitrogens with zero attached hydrogens (tertiary/aromatic N) is 2. The molecule has 232 valence electrons. The number of halogens is 4. The highest BCUT2D eigenvalue weighted by Crippen LogP contribution is 2.37. The van der Waals surface area contributed by atoms with Crippen molar-refractivity contribution in [3.05, 3.63) is 100 Å². The highest BCUT2D eigenvalue weighted by Gasteiger charge is 2.36. The third-order valence-electron chi connectivity index (χ3n) is 6.97. The van der Waals surface area contributed by atoms with Crippen molar-refractivity contribution in [1.82, 2.24) is 10.2 Å². The Morgan fingerprint density at radius 3 is 2.16 bits per heavy atom. The number of aryl methyl sites for hydroxylation is 1. The fraction of sp³-hybridized carbons (Fsp3) is 0.355. The zero-order valence-corrected chi connectivity index (χ0v) is 25.9. The summed E-state index contributed by atoms with van der Waals surface area (Å²) in [6.07, 6.45) is -3.30. The summed E-state index contributed by atoms with van der Waals surface area (Å²) >= 11 is 5.76. The maximum absolute atomic E-state index is 14.1. The molecule has 0 bridgehead atoms. The topological polar surface area (TPSA) is 86.8 Å². The number of amides is 2. The van der Waals surface area contributed by atoms with E-state index in [0.717, 1.165) is 29.5 Å². The van der Waals surface area contributed by atoms with Crippen LogP contribution in [0.5, 0.6) is 0 Å². The van der Waals surface area contributed by atoms with Crippen LogP contribution in [-0.2, 0) is 38.8 Å². The third-order valence-corrected chi connectivity index (χ3v) is 8.44. The van der Waals surface area contributed by atoms with Crippen molar-refractivity contribution in [2.45, 2.75) is 58.4 Å². The van der Waals surface area contributed by atoms with Gasteiger partial charge in [-0.05, 0) is 49.6 Å². The largest absolute Gasteiger partial charge is 0.417 e. The van der Waals surface area contributed by atoms with Crippen LogP contribution < -0.4 is 9.62 Å². The first-order valence-corrected chi connectivity index (χ1v) is 15.9. The van der Waals surface area contributed by atoms with E-state index in [1.165, 1.54) is 4.90 Å². The van der Waals surface area contributed by atoms with Crippen LogP contribution in [0.3, 0.4) is 0 Å². The van der Waals surface area contributed by atoms with Gasteiger partial charge in [-0.1, -0.05) is 78.7 Å². The molecule has 0 aliphatic rings. The number of nitrogens with one attached hydrogen (secondary N) is 1. The molecule has 2 atom stereocenters. The minimum absolute atomic E-state index is 0.0451. The summed E-state index contributed by atoms with van der Waals surface area (Å²) in [5, 5.41) is 2.31. The van der Waals surface area contributed by atoms with Gasteiger partial charge in [0.05, 0.1) is 22.5 Å². The molecule has 0 aliphatic carbocycles.